The summed E-state index contributed by atoms with van der Waals surface area (Å²) in [6, 6.07) is 7.08. The van der Waals surface area contributed by atoms with Crippen LogP contribution >= 0.6 is 27.5 Å². The van der Waals surface area contributed by atoms with Crippen molar-refractivity contribution in [3.8, 4) is 11.5 Å². The molecule has 1 aliphatic heterocycles. The molecule has 3 rings (SSSR count). The topological polar surface area (TPSA) is 67.9 Å². The average molecular weight is 470 g/mol. The van der Waals surface area contributed by atoms with Gasteiger partial charge in [-0.25, -0.2) is 9.40 Å². The molecule has 2 amide bonds. The number of nitrogens with one attached hydrogen (secondary N) is 1. The number of hydrogen-bond donors (Lipinski definition) is 1. The molecule has 0 atom stereocenters. The van der Waals surface area contributed by atoms with Crippen LogP contribution in [-0.2, 0) is 9.59 Å². The van der Waals surface area contributed by atoms with Crippen LogP contribution < -0.4 is 19.9 Å². The highest BCUT2D eigenvalue weighted by molar-refractivity contribution is 9.10. The van der Waals surface area contributed by atoms with E-state index in [9.17, 15) is 14.0 Å². The standard InChI is InChI=1S/C19H15BrClFN2O4/c1-3-28-17-13(20)7-10(8-16(17)27-2)6-12-18(25)23-24(19(12)26)11-4-5-15(22)14(21)9-11/h4-9H,3H2,1-2H3,(H,23,25)/b12-6+. The molecule has 2 aromatic carbocycles. The van der Waals surface area contributed by atoms with E-state index in [0.717, 1.165) is 11.1 Å². The largest absolute Gasteiger partial charge is 0.493 e. The first-order valence-electron chi connectivity index (χ1n) is 8.18. The van der Waals surface area contributed by atoms with Crippen molar-refractivity contribution in [1.29, 1.82) is 0 Å². The predicted molar refractivity (Wildman–Crippen MR) is 107 cm³/mol. The Kier molecular flexibility index (Phi) is 5.90. The molecule has 0 aliphatic carbocycles. The number of halogens is 3. The highest BCUT2D eigenvalue weighted by Crippen LogP contribution is 2.37. The molecule has 1 aliphatic rings. The zero-order valence-electron chi connectivity index (χ0n) is 14.9. The number of benzene rings is 2. The van der Waals surface area contributed by atoms with Gasteiger partial charge in [-0.05, 0) is 64.8 Å². The first-order chi connectivity index (χ1) is 13.3. The van der Waals surface area contributed by atoms with Gasteiger partial charge in [0, 0.05) is 0 Å². The lowest BCUT2D eigenvalue weighted by molar-refractivity contribution is -0.117. The molecule has 0 spiro atoms. The molecule has 1 saturated heterocycles. The number of carbonyl (C=O) groups excluding carboxylic acids is 2. The van der Waals surface area contributed by atoms with E-state index in [2.05, 4.69) is 21.4 Å². The summed E-state index contributed by atoms with van der Waals surface area (Å²) in [5.41, 5.74) is 3.16. The lowest BCUT2D eigenvalue weighted by Gasteiger charge is -2.15. The molecular weight excluding hydrogens is 455 g/mol. The lowest BCUT2D eigenvalue weighted by Crippen LogP contribution is -2.35. The van der Waals surface area contributed by atoms with Crippen LogP contribution in [0.1, 0.15) is 12.5 Å². The first kappa shape index (κ1) is 20.2. The van der Waals surface area contributed by atoms with Crippen molar-refractivity contribution in [3.05, 3.63) is 56.8 Å². The van der Waals surface area contributed by atoms with E-state index in [0.29, 0.717) is 28.1 Å². The van der Waals surface area contributed by atoms with E-state index in [1.165, 1.54) is 25.3 Å². The van der Waals surface area contributed by atoms with Crippen molar-refractivity contribution >= 4 is 51.1 Å². The number of amides is 2. The second-order valence-corrected chi connectivity index (χ2v) is 6.97. The smallest absolute Gasteiger partial charge is 0.282 e. The zero-order valence-corrected chi connectivity index (χ0v) is 17.2. The van der Waals surface area contributed by atoms with Gasteiger partial charge in [0.05, 0.1) is 28.9 Å². The summed E-state index contributed by atoms with van der Waals surface area (Å²) >= 11 is 9.16. The van der Waals surface area contributed by atoms with Gasteiger partial charge in [-0.3, -0.25) is 15.0 Å². The minimum atomic E-state index is -0.620. The summed E-state index contributed by atoms with van der Waals surface area (Å²) in [6.07, 6.45) is 1.44. The SMILES string of the molecule is CCOc1c(Br)cc(/C=C2\C(=O)NN(c3ccc(F)c(Cl)c3)C2=O)cc1OC. The van der Waals surface area contributed by atoms with E-state index in [1.54, 1.807) is 12.1 Å². The van der Waals surface area contributed by atoms with Gasteiger partial charge in [0.2, 0.25) is 0 Å². The van der Waals surface area contributed by atoms with Crippen LogP contribution in [0.4, 0.5) is 10.1 Å². The van der Waals surface area contributed by atoms with E-state index < -0.39 is 17.6 Å². The van der Waals surface area contributed by atoms with E-state index in [-0.39, 0.29) is 16.3 Å². The van der Waals surface area contributed by atoms with Gasteiger partial charge < -0.3 is 9.47 Å². The van der Waals surface area contributed by atoms with Crippen molar-refractivity contribution in [2.75, 3.05) is 18.7 Å². The number of carbonyl (C=O) groups is 2. The minimum absolute atomic E-state index is 0.0847. The molecule has 0 aromatic heterocycles. The van der Waals surface area contributed by atoms with Crippen LogP contribution in [0, 0.1) is 5.82 Å². The Morgan fingerprint density at radius 1 is 1.29 bits per heavy atom. The molecule has 1 heterocycles. The highest BCUT2D eigenvalue weighted by Gasteiger charge is 2.34. The van der Waals surface area contributed by atoms with Crippen LogP contribution in [0.5, 0.6) is 11.5 Å². The second-order valence-electron chi connectivity index (χ2n) is 5.71. The Hall–Kier alpha value is -2.58. The maximum Gasteiger partial charge on any atom is 0.282 e. The van der Waals surface area contributed by atoms with E-state index in [1.807, 2.05) is 6.92 Å². The fraction of sp³-hybridized carbons (Fsp3) is 0.158. The Bertz CT molecular complexity index is 996. The Morgan fingerprint density at radius 3 is 2.68 bits per heavy atom. The van der Waals surface area contributed by atoms with Gasteiger partial charge in [0.1, 0.15) is 11.4 Å². The van der Waals surface area contributed by atoms with Crippen molar-refractivity contribution in [2.24, 2.45) is 0 Å². The Morgan fingerprint density at radius 2 is 2.04 bits per heavy atom. The fourth-order valence-corrected chi connectivity index (χ4v) is 3.39. The molecule has 1 N–H and O–H groups in total. The van der Waals surface area contributed by atoms with Crippen molar-refractivity contribution in [2.45, 2.75) is 6.92 Å². The molecule has 146 valence electrons. The third kappa shape index (κ3) is 3.83. The molecule has 0 bridgehead atoms. The third-order valence-corrected chi connectivity index (χ3v) is 4.78. The van der Waals surface area contributed by atoms with Crippen molar-refractivity contribution < 1.29 is 23.5 Å². The fourth-order valence-electron chi connectivity index (χ4n) is 2.64. The summed E-state index contributed by atoms with van der Waals surface area (Å²) in [5.74, 6) is -0.815. The van der Waals surface area contributed by atoms with Crippen LogP contribution in [0.3, 0.4) is 0 Å². The molecule has 2 aromatic rings. The normalized spacial score (nSPS) is 15.2. The quantitative estimate of drug-likeness (QED) is 0.529. The molecule has 0 radical (unpaired) electrons. The summed E-state index contributed by atoms with van der Waals surface area (Å²) in [7, 11) is 1.49. The van der Waals surface area contributed by atoms with Crippen LogP contribution in [0.2, 0.25) is 5.02 Å². The predicted octanol–water partition coefficient (Wildman–Crippen LogP) is 4.11. The molecule has 6 nitrogen and oxygen atoms in total. The molecular formula is C19H15BrClFN2O4. The second kappa shape index (κ2) is 8.20. The summed E-state index contributed by atoms with van der Waals surface area (Å²) in [5, 5.41) is 0.859. The number of hydrogen-bond acceptors (Lipinski definition) is 4. The van der Waals surface area contributed by atoms with Gasteiger partial charge in [-0.1, -0.05) is 11.6 Å². The maximum absolute atomic E-state index is 13.4. The van der Waals surface area contributed by atoms with Gasteiger partial charge in [-0.2, -0.15) is 0 Å². The van der Waals surface area contributed by atoms with Crippen LogP contribution in [0.25, 0.3) is 6.08 Å². The van der Waals surface area contributed by atoms with Gasteiger partial charge in [0.25, 0.3) is 11.8 Å². The van der Waals surface area contributed by atoms with E-state index >= 15 is 0 Å². The zero-order chi connectivity index (χ0) is 20.4. The summed E-state index contributed by atoms with van der Waals surface area (Å²) in [6.45, 7) is 2.30. The Labute approximate surface area is 174 Å². The van der Waals surface area contributed by atoms with Gasteiger partial charge in [-0.15, -0.1) is 0 Å². The maximum atomic E-state index is 13.4. The van der Waals surface area contributed by atoms with E-state index in [4.69, 9.17) is 21.1 Å². The monoisotopic (exact) mass is 468 g/mol. The van der Waals surface area contributed by atoms with Crippen molar-refractivity contribution in [3.63, 3.8) is 0 Å². The first-order valence-corrected chi connectivity index (χ1v) is 9.35. The third-order valence-electron chi connectivity index (χ3n) is 3.90. The van der Waals surface area contributed by atoms with Crippen LogP contribution in [0.15, 0.2) is 40.4 Å². The minimum Gasteiger partial charge on any atom is -0.493 e. The van der Waals surface area contributed by atoms with Gasteiger partial charge >= 0.3 is 0 Å². The number of rotatable bonds is 5. The number of anilines is 1. The summed E-state index contributed by atoms with van der Waals surface area (Å²) in [4.78, 5) is 25.0. The highest BCUT2D eigenvalue weighted by atomic mass is 79.9. The number of nitrogens with zero attached hydrogens (tertiary/aromatic N) is 1. The number of hydrazine groups is 1. The molecule has 0 unspecified atom stereocenters. The molecule has 9 heteroatoms. The van der Waals surface area contributed by atoms with Gasteiger partial charge in [0.15, 0.2) is 11.5 Å². The molecule has 0 saturated carbocycles. The summed E-state index contributed by atoms with van der Waals surface area (Å²) < 4.78 is 24.8. The Balaban J connectivity index is 1.96. The van der Waals surface area contributed by atoms with Crippen LogP contribution in [-0.4, -0.2) is 25.5 Å². The number of ether oxygens (including phenoxy) is 2. The number of methoxy groups -OCH3 is 1. The average Bonchev–Trinajstić information content (AvgIpc) is 2.94. The van der Waals surface area contributed by atoms with Crippen molar-refractivity contribution in [1.82, 2.24) is 5.43 Å². The lowest BCUT2D eigenvalue weighted by atomic mass is 10.1. The molecule has 28 heavy (non-hydrogen) atoms. The molecule has 1 fully saturated rings.